The zero-order valence-corrected chi connectivity index (χ0v) is 12.3. The van der Waals surface area contributed by atoms with E-state index in [-0.39, 0.29) is 11.1 Å². The van der Waals surface area contributed by atoms with Crippen LogP contribution in [0.15, 0.2) is 16.6 Å². The second-order valence-corrected chi connectivity index (χ2v) is 5.68. The van der Waals surface area contributed by atoms with Crippen molar-refractivity contribution in [3.8, 4) is 0 Å². The van der Waals surface area contributed by atoms with Gasteiger partial charge in [-0.2, -0.15) is 0 Å². The van der Waals surface area contributed by atoms with Gasteiger partial charge in [0.25, 0.3) is 0 Å². The number of nitrogens with one attached hydrogen (secondary N) is 1. The number of hydrazine groups is 1. The van der Waals surface area contributed by atoms with Gasteiger partial charge in [-0.1, -0.05) is 17.7 Å². The van der Waals surface area contributed by atoms with Gasteiger partial charge in [0.05, 0.1) is 17.2 Å². The average Bonchev–Trinajstić information content (AvgIpc) is 3.18. The summed E-state index contributed by atoms with van der Waals surface area (Å²) >= 11 is 9.09. The molecule has 1 aromatic carbocycles. The maximum Gasteiger partial charge on any atom is 0.147 e. The van der Waals surface area contributed by atoms with Gasteiger partial charge in [0.1, 0.15) is 5.82 Å². The van der Waals surface area contributed by atoms with Crippen LogP contribution in [-0.4, -0.2) is 13.2 Å². The van der Waals surface area contributed by atoms with Crippen LogP contribution in [0.3, 0.4) is 0 Å². The maximum absolute atomic E-state index is 14.2. The number of halogens is 3. The highest BCUT2D eigenvalue weighted by Crippen LogP contribution is 2.41. The number of methoxy groups -OCH3 is 1. The lowest BCUT2D eigenvalue weighted by molar-refractivity contribution is 0.0496. The third-order valence-corrected chi connectivity index (χ3v) is 4.53. The molecule has 2 atom stereocenters. The molecule has 1 saturated carbocycles. The van der Waals surface area contributed by atoms with Gasteiger partial charge in [0.2, 0.25) is 0 Å². The van der Waals surface area contributed by atoms with Crippen LogP contribution in [0.1, 0.15) is 24.4 Å². The Bertz CT molecular complexity index is 442. The minimum absolute atomic E-state index is 0.0680. The largest absolute Gasteiger partial charge is 0.379 e. The standard InChI is InChI=1S/C12H15BrClFN2O/c1-18-12(6-2-3-6)11(17-16)7-4-5-8(13)9(14)10(7)15/h4-6,11-12,17H,2-3,16H2,1H3. The van der Waals surface area contributed by atoms with Crippen LogP contribution in [0.25, 0.3) is 0 Å². The maximum atomic E-state index is 14.2. The lowest BCUT2D eigenvalue weighted by Gasteiger charge is -2.26. The van der Waals surface area contributed by atoms with Crippen LogP contribution in [0, 0.1) is 11.7 Å². The van der Waals surface area contributed by atoms with Gasteiger partial charge in [-0.15, -0.1) is 0 Å². The first-order valence-electron chi connectivity index (χ1n) is 5.72. The topological polar surface area (TPSA) is 47.3 Å². The molecule has 0 spiro atoms. The number of hydrogen-bond donors (Lipinski definition) is 2. The van der Waals surface area contributed by atoms with E-state index in [2.05, 4.69) is 21.4 Å². The first kappa shape index (κ1) is 14.2. The molecule has 1 aliphatic carbocycles. The minimum atomic E-state index is -0.461. The second-order valence-electron chi connectivity index (χ2n) is 4.45. The number of ether oxygens (including phenoxy) is 1. The Balaban J connectivity index is 2.34. The Kier molecular flexibility index (Phi) is 4.61. The van der Waals surface area contributed by atoms with E-state index in [1.165, 1.54) is 0 Å². The highest BCUT2D eigenvalue weighted by molar-refractivity contribution is 9.10. The van der Waals surface area contributed by atoms with Crippen LogP contribution < -0.4 is 11.3 Å². The van der Waals surface area contributed by atoms with Crippen molar-refractivity contribution in [3.05, 3.63) is 33.0 Å². The summed E-state index contributed by atoms with van der Waals surface area (Å²) in [6, 6.07) is 2.99. The number of nitrogens with two attached hydrogens (primary N) is 1. The van der Waals surface area contributed by atoms with E-state index in [1.807, 2.05) is 0 Å². The summed E-state index contributed by atoms with van der Waals surface area (Å²) < 4.78 is 20.1. The van der Waals surface area contributed by atoms with Crippen molar-refractivity contribution >= 4 is 27.5 Å². The fourth-order valence-corrected chi connectivity index (χ4v) is 2.65. The predicted molar refractivity (Wildman–Crippen MR) is 72.7 cm³/mol. The predicted octanol–water partition coefficient (Wildman–Crippen LogP) is 3.17. The zero-order valence-electron chi connectivity index (χ0n) is 9.92. The molecular weight excluding hydrogens is 322 g/mol. The summed E-state index contributed by atoms with van der Waals surface area (Å²) in [6.45, 7) is 0. The first-order chi connectivity index (χ1) is 8.60. The molecule has 1 aliphatic rings. The molecule has 18 heavy (non-hydrogen) atoms. The highest BCUT2D eigenvalue weighted by atomic mass is 79.9. The van der Waals surface area contributed by atoms with Crippen LogP contribution in [0.4, 0.5) is 4.39 Å². The third-order valence-electron chi connectivity index (χ3n) is 3.27. The van der Waals surface area contributed by atoms with Crippen molar-refractivity contribution in [2.75, 3.05) is 7.11 Å². The Labute approximate surface area is 119 Å². The van der Waals surface area contributed by atoms with Crippen LogP contribution in [-0.2, 0) is 4.74 Å². The van der Waals surface area contributed by atoms with E-state index in [0.29, 0.717) is 16.0 Å². The monoisotopic (exact) mass is 336 g/mol. The van der Waals surface area contributed by atoms with E-state index >= 15 is 0 Å². The molecule has 3 nitrogen and oxygen atoms in total. The molecule has 1 aromatic rings. The molecule has 6 heteroatoms. The van der Waals surface area contributed by atoms with Crippen molar-refractivity contribution in [3.63, 3.8) is 0 Å². The molecule has 0 aliphatic heterocycles. The van der Waals surface area contributed by atoms with Gasteiger partial charge in [0.15, 0.2) is 0 Å². The summed E-state index contributed by atoms with van der Waals surface area (Å²) in [7, 11) is 1.62. The van der Waals surface area contributed by atoms with Crippen molar-refractivity contribution < 1.29 is 9.13 Å². The quantitative estimate of drug-likeness (QED) is 0.493. The Morgan fingerprint density at radius 3 is 2.72 bits per heavy atom. The molecule has 2 rings (SSSR count). The molecule has 0 heterocycles. The van der Waals surface area contributed by atoms with Gasteiger partial charge in [-0.25, -0.2) is 4.39 Å². The normalized spacial score (nSPS) is 18.7. The average molecular weight is 338 g/mol. The van der Waals surface area contributed by atoms with E-state index < -0.39 is 11.9 Å². The number of benzene rings is 1. The number of hydrogen-bond acceptors (Lipinski definition) is 3. The Morgan fingerprint density at radius 1 is 1.56 bits per heavy atom. The fraction of sp³-hybridized carbons (Fsp3) is 0.500. The summed E-state index contributed by atoms with van der Waals surface area (Å²) in [4.78, 5) is 0. The van der Waals surface area contributed by atoms with E-state index in [9.17, 15) is 4.39 Å². The zero-order chi connectivity index (χ0) is 13.3. The van der Waals surface area contributed by atoms with Gasteiger partial charge in [-0.05, 0) is 40.8 Å². The Morgan fingerprint density at radius 2 is 2.22 bits per heavy atom. The molecule has 0 saturated heterocycles. The van der Waals surface area contributed by atoms with Gasteiger partial charge >= 0.3 is 0 Å². The summed E-state index contributed by atoms with van der Waals surface area (Å²) in [6.07, 6.45) is 2.03. The third kappa shape index (κ3) is 2.70. The van der Waals surface area contributed by atoms with E-state index in [4.69, 9.17) is 22.2 Å². The van der Waals surface area contributed by atoms with Gasteiger partial charge in [0, 0.05) is 17.1 Å². The minimum Gasteiger partial charge on any atom is -0.379 e. The summed E-state index contributed by atoms with van der Waals surface area (Å²) in [5.74, 6) is 5.52. The molecule has 3 N–H and O–H groups in total. The summed E-state index contributed by atoms with van der Waals surface area (Å²) in [5, 5.41) is 0.0680. The molecule has 0 amide bonds. The fourth-order valence-electron chi connectivity index (χ4n) is 2.17. The summed E-state index contributed by atoms with van der Waals surface area (Å²) in [5.41, 5.74) is 3.07. The SMILES string of the molecule is COC(C1CC1)C(NN)c1ccc(Br)c(Cl)c1F. The molecule has 0 radical (unpaired) electrons. The van der Waals surface area contributed by atoms with E-state index in [0.717, 1.165) is 12.8 Å². The van der Waals surface area contributed by atoms with Crippen LogP contribution in [0.5, 0.6) is 0 Å². The van der Waals surface area contributed by atoms with Gasteiger partial charge < -0.3 is 4.74 Å². The van der Waals surface area contributed by atoms with Crippen LogP contribution in [0.2, 0.25) is 5.02 Å². The second kappa shape index (κ2) is 5.84. The molecule has 100 valence electrons. The van der Waals surface area contributed by atoms with Crippen molar-refractivity contribution in [2.45, 2.75) is 25.0 Å². The van der Waals surface area contributed by atoms with Crippen LogP contribution >= 0.6 is 27.5 Å². The number of rotatable bonds is 5. The molecule has 1 fully saturated rings. The van der Waals surface area contributed by atoms with Crippen molar-refractivity contribution in [1.82, 2.24) is 5.43 Å². The Hall–Kier alpha value is -0.200. The highest BCUT2D eigenvalue weighted by Gasteiger charge is 2.38. The lowest BCUT2D eigenvalue weighted by atomic mass is 9.98. The molecule has 0 aromatic heterocycles. The molecule has 0 bridgehead atoms. The van der Waals surface area contributed by atoms with Crippen molar-refractivity contribution in [2.24, 2.45) is 11.8 Å². The lowest BCUT2D eigenvalue weighted by Crippen LogP contribution is -2.39. The smallest absolute Gasteiger partial charge is 0.147 e. The molecule has 2 unspecified atom stereocenters. The van der Waals surface area contributed by atoms with Crippen molar-refractivity contribution in [1.29, 1.82) is 0 Å². The van der Waals surface area contributed by atoms with E-state index in [1.54, 1.807) is 19.2 Å². The van der Waals surface area contributed by atoms with Gasteiger partial charge in [-0.3, -0.25) is 11.3 Å². The first-order valence-corrected chi connectivity index (χ1v) is 6.89. The molecular formula is C12H15BrClFN2O.